The number of hydrogen-bond acceptors (Lipinski definition) is 4. The largest absolute Gasteiger partial charge is 0.460 e. The maximum atomic E-state index is 13.3. The summed E-state index contributed by atoms with van der Waals surface area (Å²) in [6.45, 7) is 8.82. The summed E-state index contributed by atoms with van der Waals surface area (Å²) in [7, 11) is 0. The van der Waals surface area contributed by atoms with E-state index in [0.717, 1.165) is 41.3 Å². The summed E-state index contributed by atoms with van der Waals surface area (Å²) in [6.07, 6.45) is 4.73. The Morgan fingerprint density at radius 1 is 1.20 bits per heavy atom. The lowest BCUT2D eigenvalue weighted by Crippen LogP contribution is -2.27. The third kappa shape index (κ3) is 4.41. The second kappa shape index (κ2) is 8.23. The number of aryl methyl sites for hydroxylation is 1. The molecule has 1 aliphatic carbocycles. The summed E-state index contributed by atoms with van der Waals surface area (Å²) in [5.74, 6) is 2.06. The van der Waals surface area contributed by atoms with Gasteiger partial charge in [0.15, 0.2) is 0 Å². The van der Waals surface area contributed by atoms with Crippen LogP contribution < -0.4 is 5.32 Å². The van der Waals surface area contributed by atoms with Crippen LogP contribution in [0.25, 0.3) is 0 Å². The van der Waals surface area contributed by atoms with Crippen LogP contribution >= 0.6 is 11.3 Å². The van der Waals surface area contributed by atoms with Gasteiger partial charge in [-0.05, 0) is 67.3 Å². The molecule has 0 unspecified atom stereocenters. The van der Waals surface area contributed by atoms with Gasteiger partial charge in [-0.3, -0.25) is 4.79 Å². The molecule has 1 amide bonds. The molecule has 2 heterocycles. The molecule has 0 radical (unpaired) electrons. The van der Waals surface area contributed by atoms with Crippen molar-refractivity contribution in [2.24, 2.45) is 16.3 Å². The smallest absolute Gasteiger partial charge is 0.259 e. The van der Waals surface area contributed by atoms with Crippen molar-refractivity contribution in [1.29, 1.82) is 0 Å². The molecule has 1 aliphatic rings. The molecule has 156 valence electrons. The first-order valence-electron chi connectivity index (χ1n) is 10.4. The van der Waals surface area contributed by atoms with E-state index in [9.17, 15) is 4.79 Å². The van der Waals surface area contributed by atoms with E-state index in [1.807, 2.05) is 49.4 Å². The number of rotatable bonds is 4. The number of furan rings is 1. The van der Waals surface area contributed by atoms with Gasteiger partial charge in [0.05, 0.1) is 11.8 Å². The van der Waals surface area contributed by atoms with E-state index >= 15 is 0 Å². The van der Waals surface area contributed by atoms with Crippen LogP contribution in [0.3, 0.4) is 0 Å². The molecule has 2 aromatic heterocycles. The van der Waals surface area contributed by atoms with Crippen molar-refractivity contribution in [2.45, 2.75) is 47.0 Å². The predicted molar refractivity (Wildman–Crippen MR) is 124 cm³/mol. The highest BCUT2D eigenvalue weighted by atomic mass is 32.1. The lowest BCUT2D eigenvalue weighted by atomic mass is 9.72. The number of fused-ring (bicyclic) bond motifs is 1. The van der Waals surface area contributed by atoms with Gasteiger partial charge in [-0.2, -0.15) is 0 Å². The van der Waals surface area contributed by atoms with Gasteiger partial charge < -0.3 is 9.73 Å². The van der Waals surface area contributed by atoms with E-state index in [0.29, 0.717) is 17.2 Å². The third-order valence-electron chi connectivity index (χ3n) is 5.80. The van der Waals surface area contributed by atoms with E-state index in [4.69, 9.17) is 4.42 Å². The van der Waals surface area contributed by atoms with Crippen molar-refractivity contribution in [2.75, 3.05) is 5.32 Å². The summed E-state index contributed by atoms with van der Waals surface area (Å²) in [5.41, 5.74) is 2.92. The highest BCUT2D eigenvalue weighted by Crippen LogP contribution is 2.45. The zero-order valence-electron chi connectivity index (χ0n) is 18.0. The molecule has 30 heavy (non-hydrogen) atoms. The molecular weight excluding hydrogens is 392 g/mol. The Hall–Kier alpha value is -2.66. The molecule has 1 atom stereocenters. The quantitative estimate of drug-likeness (QED) is 0.472. The van der Waals surface area contributed by atoms with Gasteiger partial charge in [-0.25, -0.2) is 4.99 Å². The molecule has 1 aromatic carbocycles. The second-order valence-corrected chi connectivity index (χ2v) is 10.1. The van der Waals surface area contributed by atoms with Crippen molar-refractivity contribution in [3.05, 3.63) is 70.0 Å². The van der Waals surface area contributed by atoms with E-state index in [-0.39, 0.29) is 11.3 Å². The number of nitrogens with one attached hydrogen (secondary N) is 1. The minimum absolute atomic E-state index is 0.0873. The van der Waals surface area contributed by atoms with Crippen molar-refractivity contribution >= 4 is 34.1 Å². The Balaban J connectivity index is 1.70. The van der Waals surface area contributed by atoms with Crippen LogP contribution in [0.5, 0.6) is 0 Å². The van der Waals surface area contributed by atoms with E-state index < -0.39 is 0 Å². The Morgan fingerprint density at radius 2 is 1.97 bits per heavy atom. The van der Waals surface area contributed by atoms with Crippen molar-refractivity contribution in [3.8, 4) is 0 Å². The summed E-state index contributed by atoms with van der Waals surface area (Å²) < 4.78 is 5.62. The van der Waals surface area contributed by atoms with Crippen molar-refractivity contribution in [3.63, 3.8) is 0 Å². The lowest BCUT2D eigenvalue weighted by Gasteiger charge is -2.33. The molecule has 0 bridgehead atoms. The van der Waals surface area contributed by atoms with Crippen molar-refractivity contribution in [1.82, 2.24) is 0 Å². The standard InChI is InChI=1S/C25H28N2O2S/c1-16-10-12-19(29-16)15-26-24-22(23(28)27-18-8-6-5-7-9-18)20-13-11-17(25(2,3)4)14-21(20)30-24/h5-10,12,15,17H,11,13-14H2,1-4H3,(H,27,28)/t17-/m1/s1. The first-order valence-corrected chi connectivity index (χ1v) is 11.2. The van der Waals surface area contributed by atoms with Crippen LogP contribution in [0.4, 0.5) is 10.7 Å². The number of amides is 1. The molecule has 0 spiro atoms. The van der Waals surface area contributed by atoms with Crippen LogP contribution in [-0.2, 0) is 12.8 Å². The Kier molecular flexibility index (Phi) is 5.65. The van der Waals surface area contributed by atoms with Crippen molar-refractivity contribution < 1.29 is 9.21 Å². The molecule has 0 aliphatic heterocycles. The average Bonchev–Trinajstić information content (AvgIpc) is 3.28. The van der Waals surface area contributed by atoms with E-state index in [1.165, 1.54) is 4.88 Å². The van der Waals surface area contributed by atoms with Crippen LogP contribution in [0.15, 0.2) is 51.9 Å². The SMILES string of the molecule is Cc1ccc(C=Nc2sc3c(c2C(=O)Nc2ccccc2)CC[C@@H](C(C)(C)C)C3)o1. The minimum atomic E-state index is -0.0873. The van der Waals surface area contributed by atoms with Gasteiger partial charge in [0, 0.05) is 10.6 Å². The van der Waals surface area contributed by atoms with Gasteiger partial charge in [-0.15, -0.1) is 11.3 Å². The summed E-state index contributed by atoms with van der Waals surface area (Å²) >= 11 is 1.65. The van der Waals surface area contributed by atoms with Crippen LogP contribution in [0.2, 0.25) is 0 Å². The minimum Gasteiger partial charge on any atom is -0.460 e. The summed E-state index contributed by atoms with van der Waals surface area (Å²) in [5, 5.41) is 3.81. The van der Waals surface area contributed by atoms with Gasteiger partial charge in [0.1, 0.15) is 16.5 Å². The number of thiophene rings is 1. The number of carbonyl (C=O) groups excluding carboxylic acids is 1. The van der Waals surface area contributed by atoms with Gasteiger partial charge in [-0.1, -0.05) is 39.0 Å². The highest BCUT2D eigenvalue weighted by Gasteiger charge is 2.33. The fourth-order valence-corrected chi connectivity index (χ4v) is 5.26. The number of hydrogen-bond donors (Lipinski definition) is 1. The molecule has 0 saturated heterocycles. The molecule has 0 saturated carbocycles. The predicted octanol–water partition coefficient (Wildman–Crippen LogP) is 6.80. The Morgan fingerprint density at radius 3 is 2.63 bits per heavy atom. The number of para-hydroxylation sites is 1. The topological polar surface area (TPSA) is 54.6 Å². The maximum Gasteiger partial charge on any atom is 0.259 e. The lowest BCUT2D eigenvalue weighted by molar-refractivity contribution is 0.102. The molecule has 3 aromatic rings. The zero-order chi connectivity index (χ0) is 21.3. The fraction of sp³-hybridized carbons (Fsp3) is 0.360. The van der Waals surface area contributed by atoms with Crippen LogP contribution in [0, 0.1) is 18.3 Å². The first-order chi connectivity index (χ1) is 14.3. The number of benzene rings is 1. The number of nitrogens with zero attached hydrogens (tertiary/aromatic N) is 1. The monoisotopic (exact) mass is 420 g/mol. The van der Waals surface area contributed by atoms with Gasteiger partial charge >= 0.3 is 0 Å². The Bertz CT molecular complexity index is 1070. The summed E-state index contributed by atoms with van der Waals surface area (Å²) in [6, 6.07) is 13.4. The van der Waals surface area contributed by atoms with Crippen LogP contribution in [-0.4, -0.2) is 12.1 Å². The van der Waals surface area contributed by atoms with Gasteiger partial charge in [0.25, 0.3) is 5.91 Å². The summed E-state index contributed by atoms with van der Waals surface area (Å²) in [4.78, 5) is 19.2. The molecule has 1 N–H and O–H groups in total. The van der Waals surface area contributed by atoms with Crippen LogP contribution in [0.1, 0.15) is 59.5 Å². The Labute approximate surface area is 182 Å². The molecule has 4 rings (SSSR count). The maximum absolute atomic E-state index is 13.3. The highest BCUT2D eigenvalue weighted by molar-refractivity contribution is 7.16. The average molecular weight is 421 g/mol. The molecule has 4 nitrogen and oxygen atoms in total. The number of aliphatic imine (C=N–C) groups is 1. The number of carbonyl (C=O) groups is 1. The van der Waals surface area contributed by atoms with E-state index in [2.05, 4.69) is 31.1 Å². The zero-order valence-corrected chi connectivity index (χ0v) is 18.8. The van der Waals surface area contributed by atoms with E-state index in [1.54, 1.807) is 17.6 Å². The fourth-order valence-electron chi connectivity index (χ4n) is 4.00. The normalized spacial score (nSPS) is 16.6. The van der Waals surface area contributed by atoms with Gasteiger partial charge in [0.2, 0.25) is 0 Å². The molecular formula is C25H28N2O2S. The number of anilines is 1. The molecule has 5 heteroatoms. The third-order valence-corrected chi connectivity index (χ3v) is 6.96. The second-order valence-electron chi connectivity index (χ2n) is 9.02. The first kappa shape index (κ1) is 20.6. The molecule has 0 fully saturated rings.